The van der Waals surface area contributed by atoms with E-state index in [1.807, 2.05) is 0 Å². The van der Waals surface area contributed by atoms with Gasteiger partial charge in [-0.15, -0.1) is 24.0 Å². The molecule has 8 heteroatoms. The molecule has 0 aliphatic heterocycles. The highest BCUT2D eigenvalue weighted by molar-refractivity contribution is 14.0. The first-order chi connectivity index (χ1) is 10.5. The molecule has 0 bridgehead atoms. The van der Waals surface area contributed by atoms with Gasteiger partial charge in [0.1, 0.15) is 11.5 Å². The van der Waals surface area contributed by atoms with Crippen LogP contribution in [0.1, 0.15) is 18.9 Å². The number of aliphatic imine (C=N–C) groups is 1. The number of rotatable bonds is 6. The van der Waals surface area contributed by atoms with Gasteiger partial charge < -0.3 is 20.1 Å². The fourth-order valence-corrected chi connectivity index (χ4v) is 2.10. The molecule has 1 aliphatic carbocycles. The molecule has 2 N–H and O–H groups in total. The molecule has 1 aliphatic rings. The molecule has 0 amide bonds. The van der Waals surface area contributed by atoms with Crippen molar-refractivity contribution >= 4 is 29.9 Å². The second kappa shape index (κ2) is 9.09. The smallest absolute Gasteiger partial charge is 0.387 e. The highest BCUT2D eigenvalue weighted by atomic mass is 127. The normalized spacial score (nSPS) is 19.8. The molecule has 23 heavy (non-hydrogen) atoms. The average molecular weight is 441 g/mol. The number of hydrogen-bond donors (Lipinski definition) is 2. The Hall–Kier alpha value is -1.32. The Morgan fingerprint density at radius 1 is 1.43 bits per heavy atom. The van der Waals surface area contributed by atoms with Gasteiger partial charge in [-0.25, -0.2) is 0 Å². The summed E-state index contributed by atoms with van der Waals surface area (Å²) < 4.78 is 34.6. The van der Waals surface area contributed by atoms with Gasteiger partial charge >= 0.3 is 6.61 Å². The van der Waals surface area contributed by atoms with E-state index in [0.29, 0.717) is 35.8 Å². The first kappa shape index (κ1) is 19.7. The number of nitrogens with one attached hydrogen (secondary N) is 2. The molecule has 2 rings (SSSR count). The quantitative estimate of drug-likeness (QED) is 0.405. The van der Waals surface area contributed by atoms with Crippen LogP contribution in [0.25, 0.3) is 0 Å². The number of methoxy groups -OCH3 is 1. The molecule has 5 nitrogen and oxygen atoms in total. The second-order valence-electron chi connectivity index (χ2n) is 5.24. The van der Waals surface area contributed by atoms with Gasteiger partial charge in [-0.1, -0.05) is 6.92 Å². The van der Waals surface area contributed by atoms with Gasteiger partial charge in [0.2, 0.25) is 0 Å². The number of benzene rings is 1. The van der Waals surface area contributed by atoms with Gasteiger partial charge in [0, 0.05) is 25.2 Å². The van der Waals surface area contributed by atoms with Crippen LogP contribution in [0.5, 0.6) is 11.5 Å². The molecule has 0 heterocycles. The summed E-state index contributed by atoms with van der Waals surface area (Å²) in [7, 11) is 3.19. The van der Waals surface area contributed by atoms with Crippen LogP contribution in [-0.2, 0) is 6.54 Å². The fourth-order valence-electron chi connectivity index (χ4n) is 2.10. The minimum absolute atomic E-state index is 0. The lowest BCUT2D eigenvalue weighted by Crippen LogP contribution is -2.38. The summed E-state index contributed by atoms with van der Waals surface area (Å²) in [6.07, 6.45) is 1.11. The van der Waals surface area contributed by atoms with E-state index in [4.69, 9.17) is 4.74 Å². The molecule has 0 spiro atoms. The van der Waals surface area contributed by atoms with Crippen LogP contribution < -0.4 is 20.1 Å². The third kappa shape index (κ3) is 6.00. The summed E-state index contributed by atoms with van der Waals surface area (Å²) in [6.45, 7) is -0.404. The summed E-state index contributed by atoms with van der Waals surface area (Å²) in [5, 5.41) is 6.37. The molecule has 2 unspecified atom stereocenters. The summed E-state index contributed by atoms with van der Waals surface area (Å²) in [5.41, 5.74) is 0.575. The number of ether oxygens (including phenoxy) is 2. The first-order valence-electron chi connectivity index (χ1n) is 7.12. The molecular formula is C15H22F2IN3O2. The third-order valence-electron chi connectivity index (χ3n) is 3.59. The maximum absolute atomic E-state index is 12.5. The van der Waals surface area contributed by atoms with E-state index in [0.717, 1.165) is 6.42 Å². The zero-order valence-corrected chi connectivity index (χ0v) is 15.6. The van der Waals surface area contributed by atoms with E-state index in [1.165, 1.54) is 13.2 Å². The minimum Gasteiger partial charge on any atom is -0.497 e. The van der Waals surface area contributed by atoms with Crippen molar-refractivity contribution in [2.45, 2.75) is 32.5 Å². The van der Waals surface area contributed by atoms with E-state index in [-0.39, 0.29) is 29.7 Å². The van der Waals surface area contributed by atoms with Crippen LogP contribution in [0.3, 0.4) is 0 Å². The van der Waals surface area contributed by atoms with Crippen molar-refractivity contribution in [2.75, 3.05) is 14.2 Å². The number of nitrogens with zero attached hydrogens (tertiary/aromatic N) is 1. The first-order valence-corrected chi connectivity index (χ1v) is 7.12. The Balaban J connectivity index is 0.00000264. The predicted molar refractivity (Wildman–Crippen MR) is 95.9 cm³/mol. The van der Waals surface area contributed by atoms with Crippen molar-refractivity contribution < 1.29 is 18.3 Å². The summed E-state index contributed by atoms with van der Waals surface area (Å²) in [4.78, 5) is 4.13. The molecule has 1 aromatic carbocycles. The maximum Gasteiger partial charge on any atom is 0.387 e. The Kier molecular flexibility index (Phi) is 7.80. The van der Waals surface area contributed by atoms with Crippen molar-refractivity contribution in [2.24, 2.45) is 10.9 Å². The van der Waals surface area contributed by atoms with Crippen molar-refractivity contribution in [3.05, 3.63) is 23.8 Å². The van der Waals surface area contributed by atoms with Crippen molar-refractivity contribution in [1.29, 1.82) is 0 Å². The van der Waals surface area contributed by atoms with Crippen LogP contribution in [0.2, 0.25) is 0 Å². The second-order valence-corrected chi connectivity index (χ2v) is 5.24. The van der Waals surface area contributed by atoms with Gasteiger partial charge in [0.25, 0.3) is 0 Å². The predicted octanol–water partition coefficient (Wildman–Crippen LogP) is 2.99. The fraction of sp³-hybridized carbons (Fsp3) is 0.533. The van der Waals surface area contributed by atoms with E-state index >= 15 is 0 Å². The number of hydrogen-bond acceptors (Lipinski definition) is 3. The van der Waals surface area contributed by atoms with Gasteiger partial charge in [0.15, 0.2) is 5.96 Å². The monoisotopic (exact) mass is 441 g/mol. The zero-order chi connectivity index (χ0) is 16.1. The molecule has 0 saturated heterocycles. The van der Waals surface area contributed by atoms with Crippen molar-refractivity contribution in [3.8, 4) is 11.5 Å². The molecule has 130 valence electrons. The highest BCUT2D eigenvalue weighted by Gasteiger charge is 2.33. The zero-order valence-electron chi connectivity index (χ0n) is 13.3. The van der Waals surface area contributed by atoms with Gasteiger partial charge in [0.05, 0.1) is 7.11 Å². The van der Waals surface area contributed by atoms with Crippen LogP contribution in [0, 0.1) is 5.92 Å². The summed E-state index contributed by atoms with van der Waals surface area (Å²) >= 11 is 0. The highest BCUT2D eigenvalue weighted by Crippen LogP contribution is 2.29. The molecule has 0 radical (unpaired) electrons. The number of halogens is 3. The van der Waals surface area contributed by atoms with Crippen LogP contribution in [0.15, 0.2) is 23.2 Å². The molecule has 1 fully saturated rings. The minimum atomic E-state index is -2.86. The lowest BCUT2D eigenvalue weighted by molar-refractivity contribution is -0.0504. The Morgan fingerprint density at radius 2 is 2.13 bits per heavy atom. The lowest BCUT2D eigenvalue weighted by atomic mass is 10.2. The van der Waals surface area contributed by atoms with Crippen molar-refractivity contribution in [1.82, 2.24) is 10.6 Å². The summed E-state index contributed by atoms with van der Waals surface area (Å²) in [5.74, 6) is 1.98. The standard InChI is InChI=1S/C15H21F2N3O2.HI/c1-9-6-12(9)20-15(18-2)19-8-10-7-11(21-3)4-5-13(10)22-14(16)17;/h4-5,7,9,12,14H,6,8H2,1-3H3,(H2,18,19,20);1H. The van der Waals surface area contributed by atoms with Gasteiger partial charge in [-0.3, -0.25) is 4.99 Å². The molecule has 1 aromatic rings. The van der Waals surface area contributed by atoms with Crippen molar-refractivity contribution in [3.63, 3.8) is 0 Å². The van der Waals surface area contributed by atoms with Crippen LogP contribution in [-0.4, -0.2) is 32.8 Å². The van der Waals surface area contributed by atoms with Crippen LogP contribution in [0.4, 0.5) is 8.78 Å². The van der Waals surface area contributed by atoms with E-state index in [1.54, 1.807) is 19.2 Å². The Morgan fingerprint density at radius 3 is 2.65 bits per heavy atom. The molecular weight excluding hydrogens is 419 g/mol. The molecule has 2 atom stereocenters. The lowest BCUT2D eigenvalue weighted by Gasteiger charge is -2.15. The van der Waals surface area contributed by atoms with Crippen LogP contribution >= 0.6 is 24.0 Å². The third-order valence-corrected chi connectivity index (χ3v) is 3.59. The number of alkyl halides is 2. The van der Waals surface area contributed by atoms with Gasteiger partial charge in [-0.05, 0) is 30.5 Å². The van der Waals surface area contributed by atoms with E-state index in [9.17, 15) is 8.78 Å². The summed E-state index contributed by atoms with van der Waals surface area (Å²) in [6, 6.07) is 5.15. The number of guanidine groups is 1. The van der Waals surface area contributed by atoms with Gasteiger partial charge in [-0.2, -0.15) is 8.78 Å². The molecule has 1 saturated carbocycles. The topological polar surface area (TPSA) is 54.9 Å². The van der Waals surface area contributed by atoms with E-state index < -0.39 is 6.61 Å². The average Bonchev–Trinajstić information content (AvgIpc) is 3.19. The molecule has 0 aromatic heterocycles. The Bertz CT molecular complexity index is 543. The SMILES string of the molecule is CN=C(NCc1cc(OC)ccc1OC(F)F)NC1CC1C.I. The maximum atomic E-state index is 12.5. The largest absolute Gasteiger partial charge is 0.497 e. The Labute approximate surface area is 151 Å². The van der Waals surface area contributed by atoms with E-state index in [2.05, 4.69) is 27.3 Å².